The summed E-state index contributed by atoms with van der Waals surface area (Å²) >= 11 is 0. The Balaban J connectivity index is 0.00000147. The average Bonchev–Trinajstić information content (AvgIpc) is 2.85. The van der Waals surface area contributed by atoms with E-state index in [0.29, 0.717) is 12.2 Å². The predicted octanol–water partition coefficient (Wildman–Crippen LogP) is 0.510. The summed E-state index contributed by atoms with van der Waals surface area (Å²) in [5, 5.41) is 23.1. The summed E-state index contributed by atoms with van der Waals surface area (Å²) in [5.74, 6) is -0.174. The van der Waals surface area contributed by atoms with Gasteiger partial charge < -0.3 is 15.7 Å². The molecule has 0 radical (unpaired) electrons. The molecule has 1 saturated carbocycles. The minimum absolute atomic E-state index is 0. The first-order chi connectivity index (χ1) is 9.25. The maximum absolute atomic E-state index is 12.3. The van der Waals surface area contributed by atoms with Crippen molar-refractivity contribution in [2.24, 2.45) is 0 Å². The van der Waals surface area contributed by atoms with Crippen molar-refractivity contribution in [3.8, 4) is 0 Å². The maximum atomic E-state index is 12.3. The topological polar surface area (TPSA) is 90.0 Å². The van der Waals surface area contributed by atoms with Crippen molar-refractivity contribution in [2.45, 2.75) is 50.8 Å². The Morgan fingerprint density at radius 3 is 2.95 bits per heavy atom. The number of hydrogen-bond acceptors (Lipinski definition) is 4. The first-order valence-electron chi connectivity index (χ1n) is 7.01. The number of rotatable bonds is 2. The van der Waals surface area contributed by atoms with Gasteiger partial charge in [0.15, 0.2) is 5.69 Å². The molecule has 2 heterocycles. The molecule has 1 amide bonds. The first-order valence-corrected chi connectivity index (χ1v) is 7.01. The Hall–Kier alpha value is -1.11. The van der Waals surface area contributed by atoms with Crippen LogP contribution < -0.4 is 10.6 Å². The standard InChI is InChI=1S/C13H20N4O2.ClH/c18-11-4-2-1-3-10(11)15-13(19)12-8-7-14-6-5-9(8)16-17-12;/h10-11,14,18H,1-7H2,(H,15,19)(H,16,17);1H. The Kier molecular flexibility index (Phi) is 5.01. The molecule has 2 atom stereocenters. The number of aromatic amines is 1. The zero-order chi connectivity index (χ0) is 13.2. The van der Waals surface area contributed by atoms with Crippen molar-refractivity contribution in [3.05, 3.63) is 17.0 Å². The summed E-state index contributed by atoms with van der Waals surface area (Å²) in [7, 11) is 0. The van der Waals surface area contributed by atoms with Crippen LogP contribution in [-0.2, 0) is 13.0 Å². The van der Waals surface area contributed by atoms with E-state index < -0.39 is 6.10 Å². The number of nitrogens with one attached hydrogen (secondary N) is 3. The van der Waals surface area contributed by atoms with Crippen LogP contribution in [0.4, 0.5) is 0 Å². The average molecular weight is 301 g/mol. The molecule has 20 heavy (non-hydrogen) atoms. The van der Waals surface area contributed by atoms with Gasteiger partial charge in [-0.2, -0.15) is 5.10 Å². The summed E-state index contributed by atoms with van der Waals surface area (Å²) in [6.07, 6.45) is 4.16. The molecule has 3 rings (SSSR count). The van der Waals surface area contributed by atoms with E-state index in [9.17, 15) is 9.90 Å². The molecule has 6 nitrogen and oxygen atoms in total. The molecule has 0 spiro atoms. The van der Waals surface area contributed by atoms with Crippen LogP contribution >= 0.6 is 12.4 Å². The second kappa shape index (κ2) is 6.56. The SMILES string of the molecule is Cl.O=C(NC1CCCCC1O)c1n[nH]c2c1CNCC2. The molecule has 2 unspecified atom stereocenters. The number of amides is 1. The normalized spacial score (nSPS) is 25.4. The fourth-order valence-corrected chi connectivity index (χ4v) is 2.93. The zero-order valence-corrected chi connectivity index (χ0v) is 12.1. The van der Waals surface area contributed by atoms with Gasteiger partial charge in [-0.15, -0.1) is 12.4 Å². The Bertz CT molecular complexity index is 477. The molecule has 7 heteroatoms. The van der Waals surface area contributed by atoms with Crippen molar-refractivity contribution in [1.82, 2.24) is 20.8 Å². The highest BCUT2D eigenvalue weighted by atomic mass is 35.5. The van der Waals surface area contributed by atoms with E-state index in [1.807, 2.05) is 0 Å². The van der Waals surface area contributed by atoms with Gasteiger partial charge in [0, 0.05) is 30.8 Å². The lowest BCUT2D eigenvalue weighted by atomic mass is 9.92. The number of H-pyrrole nitrogens is 1. The highest BCUT2D eigenvalue weighted by Gasteiger charge is 2.27. The van der Waals surface area contributed by atoms with Crippen LogP contribution in [0.25, 0.3) is 0 Å². The lowest BCUT2D eigenvalue weighted by Crippen LogP contribution is -2.45. The van der Waals surface area contributed by atoms with Crippen LogP contribution in [0.5, 0.6) is 0 Å². The second-order valence-electron chi connectivity index (χ2n) is 5.39. The summed E-state index contributed by atoms with van der Waals surface area (Å²) in [6.45, 7) is 1.60. The van der Waals surface area contributed by atoms with E-state index in [2.05, 4.69) is 20.8 Å². The van der Waals surface area contributed by atoms with Gasteiger partial charge in [-0.05, 0) is 12.8 Å². The molecular weight excluding hydrogens is 280 g/mol. The van der Waals surface area contributed by atoms with Crippen LogP contribution in [-0.4, -0.2) is 39.9 Å². The highest BCUT2D eigenvalue weighted by molar-refractivity contribution is 5.94. The zero-order valence-electron chi connectivity index (χ0n) is 11.3. The minimum atomic E-state index is -0.425. The summed E-state index contributed by atoms with van der Waals surface area (Å²) in [4.78, 5) is 12.3. The van der Waals surface area contributed by atoms with Crippen molar-refractivity contribution in [3.63, 3.8) is 0 Å². The second-order valence-corrected chi connectivity index (χ2v) is 5.39. The van der Waals surface area contributed by atoms with Gasteiger partial charge in [0.05, 0.1) is 12.1 Å². The summed E-state index contributed by atoms with van der Waals surface area (Å²) in [5.41, 5.74) is 2.49. The molecule has 0 bridgehead atoms. The quantitative estimate of drug-likeness (QED) is 0.641. The van der Waals surface area contributed by atoms with Crippen LogP contribution in [0.1, 0.15) is 47.4 Å². The number of halogens is 1. The number of carbonyl (C=O) groups is 1. The summed E-state index contributed by atoms with van der Waals surface area (Å²) < 4.78 is 0. The third-order valence-corrected chi connectivity index (χ3v) is 4.07. The smallest absolute Gasteiger partial charge is 0.272 e. The maximum Gasteiger partial charge on any atom is 0.272 e. The number of aromatic nitrogens is 2. The molecule has 0 aromatic carbocycles. The molecular formula is C13H21ClN4O2. The van der Waals surface area contributed by atoms with Gasteiger partial charge in [-0.1, -0.05) is 12.8 Å². The van der Waals surface area contributed by atoms with Gasteiger partial charge in [0.25, 0.3) is 5.91 Å². The van der Waals surface area contributed by atoms with Crippen LogP contribution in [0, 0.1) is 0 Å². The van der Waals surface area contributed by atoms with Crippen molar-refractivity contribution >= 4 is 18.3 Å². The largest absolute Gasteiger partial charge is 0.391 e. The molecule has 2 aliphatic rings. The molecule has 1 aromatic rings. The van der Waals surface area contributed by atoms with Gasteiger partial charge in [0.2, 0.25) is 0 Å². The van der Waals surface area contributed by atoms with Crippen molar-refractivity contribution in [1.29, 1.82) is 0 Å². The van der Waals surface area contributed by atoms with Crippen LogP contribution in [0.2, 0.25) is 0 Å². The molecule has 1 aliphatic heterocycles. The van der Waals surface area contributed by atoms with E-state index in [0.717, 1.165) is 49.9 Å². The highest BCUT2D eigenvalue weighted by Crippen LogP contribution is 2.20. The summed E-state index contributed by atoms with van der Waals surface area (Å²) in [6, 6.07) is -0.134. The van der Waals surface area contributed by atoms with Crippen molar-refractivity contribution in [2.75, 3.05) is 6.54 Å². The van der Waals surface area contributed by atoms with Crippen molar-refractivity contribution < 1.29 is 9.90 Å². The molecule has 4 N–H and O–H groups in total. The molecule has 112 valence electrons. The van der Waals surface area contributed by atoms with E-state index in [-0.39, 0.29) is 24.4 Å². The monoisotopic (exact) mass is 300 g/mol. The van der Waals surface area contributed by atoms with Gasteiger partial charge in [-0.3, -0.25) is 9.89 Å². The third kappa shape index (κ3) is 2.97. The number of carbonyl (C=O) groups excluding carboxylic acids is 1. The molecule has 1 aromatic heterocycles. The number of hydrogen-bond donors (Lipinski definition) is 4. The van der Waals surface area contributed by atoms with Crippen LogP contribution in [0.3, 0.4) is 0 Å². The lowest BCUT2D eigenvalue weighted by Gasteiger charge is -2.28. The molecule has 0 saturated heterocycles. The first kappa shape index (κ1) is 15.3. The van der Waals surface area contributed by atoms with Crippen LogP contribution in [0.15, 0.2) is 0 Å². The minimum Gasteiger partial charge on any atom is -0.391 e. The molecule has 1 aliphatic carbocycles. The third-order valence-electron chi connectivity index (χ3n) is 4.07. The number of nitrogens with zero attached hydrogens (tertiary/aromatic N) is 1. The van der Waals surface area contributed by atoms with Gasteiger partial charge in [-0.25, -0.2) is 0 Å². The van der Waals surface area contributed by atoms with E-state index in [4.69, 9.17) is 0 Å². The molecule has 1 fully saturated rings. The fraction of sp³-hybridized carbons (Fsp3) is 0.692. The van der Waals surface area contributed by atoms with E-state index >= 15 is 0 Å². The Labute approximate surface area is 124 Å². The Morgan fingerprint density at radius 1 is 1.35 bits per heavy atom. The Morgan fingerprint density at radius 2 is 2.15 bits per heavy atom. The van der Waals surface area contributed by atoms with Gasteiger partial charge in [0.1, 0.15) is 0 Å². The number of aliphatic hydroxyl groups excluding tert-OH is 1. The van der Waals surface area contributed by atoms with E-state index in [1.54, 1.807) is 0 Å². The fourth-order valence-electron chi connectivity index (χ4n) is 2.93. The van der Waals surface area contributed by atoms with E-state index in [1.165, 1.54) is 0 Å². The van der Waals surface area contributed by atoms with Gasteiger partial charge >= 0.3 is 0 Å². The number of aliphatic hydroxyl groups is 1. The predicted molar refractivity (Wildman–Crippen MR) is 77.0 cm³/mol. The number of fused-ring (bicyclic) bond motifs is 1. The lowest BCUT2D eigenvalue weighted by molar-refractivity contribution is 0.0713.